The molecule has 4 rings (SSSR count). The summed E-state index contributed by atoms with van der Waals surface area (Å²) in [5.74, 6) is 0.897. The number of aryl methyl sites for hydroxylation is 1. The molecule has 25 heavy (non-hydrogen) atoms. The fourth-order valence-corrected chi connectivity index (χ4v) is 4.08. The molecule has 2 saturated heterocycles. The molecule has 1 saturated carbocycles. The second-order valence-corrected chi connectivity index (χ2v) is 7.75. The Balaban J connectivity index is 1.33. The molecule has 3 heterocycles. The molecule has 1 unspecified atom stereocenters. The summed E-state index contributed by atoms with van der Waals surface area (Å²) in [7, 11) is 0. The summed E-state index contributed by atoms with van der Waals surface area (Å²) in [6, 6.07) is 1.81. The topological polar surface area (TPSA) is 56.6 Å². The molecule has 3 aliphatic rings. The third kappa shape index (κ3) is 3.75. The summed E-state index contributed by atoms with van der Waals surface area (Å²) in [4.78, 5) is 14.7. The number of likely N-dealkylation sites (tertiary alicyclic amines) is 1. The predicted octanol–water partition coefficient (Wildman–Crippen LogP) is 2.48. The van der Waals surface area contributed by atoms with E-state index in [4.69, 9.17) is 9.47 Å². The summed E-state index contributed by atoms with van der Waals surface area (Å²) >= 11 is 0. The highest BCUT2D eigenvalue weighted by molar-refractivity contribution is 5.92. The van der Waals surface area contributed by atoms with Crippen molar-refractivity contribution in [2.45, 2.75) is 63.7 Å². The number of carbonyl (C=O) groups excluding carboxylic acids is 1. The number of hydrogen-bond acceptors (Lipinski definition) is 4. The molecule has 0 bridgehead atoms. The van der Waals surface area contributed by atoms with E-state index in [9.17, 15) is 4.79 Å². The number of rotatable bonds is 5. The van der Waals surface area contributed by atoms with Crippen molar-refractivity contribution in [1.82, 2.24) is 14.7 Å². The van der Waals surface area contributed by atoms with Crippen molar-refractivity contribution >= 4 is 5.91 Å². The Morgan fingerprint density at radius 1 is 1.36 bits per heavy atom. The molecule has 0 aromatic carbocycles. The minimum absolute atomic E-state index is 0.0890. The fraction of sp³-hybridized carbons (Fsp3) is 0.789. The number of ether oxygens (including phenoxy) is 2. The van der Waals surface area contributed by atoms with Crippen molar-refractivity contribution in [3.05, 3.63) is 18.0 Å². The first kappa shape index (κ1) is 17.0. The van der Waals surface area contributed by atoms with Crippen LogP contribution < -0.4 is 0 Å². The van der Waals surface area contributed by atoms with E-state index < -0.39 is 0 Å². The number of amides is 1. The number of aromatic nitrogens is 2. The van der Waals surface area contributed by atoms with Crippen LogP contribution in [0.4, 0.5) is 0 Å². The molecule has 1 amide bonds. The van der Waals surface area contributed by atoms with Gasteiger partial charge in [0.1, 0.15) is 5.69 Å². The van der Waals surface area contributed by atoms with E-state index in [1.165, 1.54) is 12.8 Å². The largest absolute Gasteiger partial charge is 0.378 e. The molecule has 1 aromatic rings. The molecule has 138 valence electrons. The average molecular weight is 347 g/mol. The quantitative estimate of drug-likeness (QED) is 0.821. The zero-order chi connectivity index (χ0) is 17.3. The van der Waals surface area contributed by atoms with E-state index in [1.807, 2.05) is 17.9 Å². The van der Waals surface area contributed by atoms with Crippen molar-refractivity contribution in [2.24, 2.45) is 5.92 Å². The molecule has 6 heteroatoms. The van der Waals surface area contributed by atoms with Crippen molar-refractivity contribution in [2.75, 3.05) is 26.3 Å². The van der Waals surface area contributed by atoms with E-state index in [2.05, 4.69) is 5.10 Å². The van der Waals surface area contributed by atoms with Crippen LogP contribution in [0, 0.1) is 5.92 Å². The molecule has 1 atom stereocenters. The lowest BCUT2D eigenvalue weighted by Gasteiger charge is -2.46. The molecule has 1 aliphatic carbocycles. The third-order valence-corrected chi connectivity index (χ3v) is 5.91. The van der Waals surface area contributed by atoms with Crippen molar-refractivity contribution in [3.63, 3.8) is 0 Å². The van der Waals surface area contributed by atoms with Crippen LogP contribution in [0.5, 0.6) is 0 Å². The van der Waals surface area contributed by atoms with Gasteiger partial charge in [0.15, 0.2) is 0 Å². The van der Waals surface area contributed by atoms with Gasteiger partial charge in [-0.1, -0.05) is 0 Å². The fourth-order valence-electron chi connectivity index (χ4n) is 4.08. The van der Waals surface area contributed by atoms with E-state index in [0.717, 1.165) is 64.4 Å². The lowest BCUT2D eigenvalue weighted by atomic mass is 9.83. The van der Waals surface area contributed by atoms with Crippen LogP contribution in [0.2, 0.25) is 0 Å². The van der Waals surface area contributed by atoms with Crippen LogP contribution in [-0.4, -0.2) is 58.6 Å². The van der Waals surface area contributed by atoms with Gasteiger partial charge in [-0.3, -0.25) is 9.48 Å². The first-order valence-corrected chi connectivity index (χ1v) is 9.76. The van der Waals surface area contributed by atoms with E-state index in [0.29, 0.717) is 11.8 Å². The Labute approximate surface area is 149 Å². The van der Waals surface area contributed by atoms with Gasteiger partial charge in [-0.2, -0.15) is 5.10 Å². The van der Waals surface area contributed by atoms with Crippen LogP contribution in [0.25, 0.3) is 0 Å². The Kier molecular flexibility index (Phi) is 4.82. The smallest absolute Gasteiger partial charge is 0.272 e. The van der Waals surface area contributed by atoms with Gasteiger partial charge in [0.25, 0.3) is 5.91 Å². The molecule has 0 N–H and O–H groups in total. The molecule has 1 spiro atoms. The zero-order valence-corrected chi connectivity index (χ0v) is 15.2. The van der Waals surface area contributed by atoms with Crippen molar-refractivity contribution in [3.8, 4) is 0 Å². The van der Waals surface area contributed by atoms with Gasteiger partial charge in [0.05, 0.1) is 11.7 Å². The standard InChI is InChI=1S/C19H29N3O3/c1-2-22-17(5-9-20-22)18(23)21-10-7-19(8-11-21)13-16(6-12-25-19)24-14-15-3-4-15/h5,9,15-16H,2-4,6-8,10-14H2,1H3. The summed E-state index contributed by atoms with van der Waals surface area (Å²) < 4.78 is 14.1. The lowest BCUT2D eigenvalue weighted by Crippen LogP contribution is -2.52. The number of piperidine rings is 1. The molecular formula is C19H29N3O3. The number of hydrogen-bond donors (Lipinski definition) is 0. The maximum absolute atomic E-state index is 12.8. The van der Waals surface area contributed by atoms with Crippen molar-refractivity contribution < 1.29 is 14.3 Å². The Morgan fingerprint density at radius 2 is 2.16 bits per heavy atom. The highest BCUT2D eigenvalue weighted by Gasteiger charge is 2.42. The Hall–Kier alpha value is -1.40. The summed E-state index contributed by atoms with van der Waals surface area (Å²) in [6.07, 6.45) is 8.50. The zero-order valence-electron chi connectivity index (χ0n) is 15.2. The molecule has 1 aromatic heterocycles. The van der Waals surface area contributed by atoms with Crippen LogP contribution in [0.15, 0.2) is 12.3 Å². The normalized spacial score (nSPS) is 26.1. The highest BCUT2D eigenvalue weighted by Crippen LogP contribution is 2.37. The minimum Gasteiger partial charge on any atom is -0.378 e. The second kappa shape index (κ2) is 7.08. The van der Waals surface area contributed by atoms with Gasteiger partial charge >= 0.3 is 0 Å². The lowest BCUT2D eigenvalue weighted by molar-refractivity contribution is -0.153. The molecule has 0 radical (unpaired) electrons. The monoisotopic (exact) mass is 347 g/mol. The molecular weight excluding hydrogens is 318 g/mol. The summed E-state index contributed by atoms with van der Waals surface area (Å²) in [6.45, 7) is 5.94. The molecule has 3 fully saturated rings. The van der Waals surface area contributed by atoms with Crippen LogP contribution >= 0.6 is 0 Å². The second-order valence-electron chi connectivity index (χ2n) is 7.75. The van der Waals surface area contributed by atoms with Gasteiger partial charge in [0, 0.05) is 45.5 Å². The van der Waals surface area contributed by atoms with Gasteiger partial charge in [-0.15, -0.1) is 0 Å². The number of nitrogens with zero attached hydrogens (tertiary/aromatic N) is 3. The van der Waals surface area contributed by atoms with Gasteiger partial charge in [-0.05, 0) is 51.0 Å². The van der Waals surface area contributed by atoms with Gasteiger partial charge < -0.3 is 14.4 Å². The molecule has 2 aliphatic heterocycles. The van der Waals surface area contributed by atoms with E-state index in [-0.39, 0.29) is 11.5 Å². The van der Waals surface area contributed by atoms with E-state index in [1.54, 1.807) is 10.9 Å². The van der Waals surface area contributed by atoms with Crippen molar-refractivity contribution in [1.29, 1.82) is 0 Å². The predicted molar refractivity (Wildman–Crippen MR) is 93.4 cm³/mol. The summed E-state index contributed by atoms with van der Waals surface area (Å²) in [5, 5.41) is 4.21. The van der Waals surface area contributed by atoms with Gasteiger partial charge in [0.2, 0.25) is 0 Å². The SMILES string of the molecule is CCn1nccc1C(=O)N1CCC2(CC1)CC(OCC1CC1)CCO2. The molecule has 6 nitrogen and oxygen atoms in total. The maximum Gasteiger partial charge on any atom is 0.272 e. The minimum atomic E-state index is -0.0890. The van der Waals surface area contributed by atoms with Crippen LogP contribution in [0.1, 0.15) is 55.9 Å². The Bertz CT molecular complexity index is 603. The third-order valence-electron chi connectivity index (χ3n) is 5.91. The van der Waals surface area contributed by atoms with Gasteiger partial charge in [-0.25, -0.2) is 0 Å². The first-order chi connectivity index (χ1) is 12.2. The number of carbonyl (C=O) groups is 1. The van der Waals surface area contributed by atoms with Crippen LogP contribution in [0.3, 0.4) is 0 Å². The Morgan fingerprint density at radius 3 is 2.88 bits per heavy atom. The summed E-state index contributed by atoms with van der Waals surface area (Å²) in [5.41, 5.74) is 0.600. The highest BCUT2D eigenvalue weighted by atomic mass is 16.5. The van der Waals surface area contributed by atoms with Crippen LogP contribution in [-0.2, 0) is 16.0 Å². The maximum atomic E-state index is 12.8. The average Bonchev–Trinajstić information content (AvgIpc) is 3.35. The van der Waals surface area contributed by atoms with E-state index >= 15 is 0 Å². The first-order valence-electron chi connectivity index (χ1n) is 9.76.